The van der Waals surface area contributed by atoms with Gasteiger partial charge >= 0.3 is 11.9 Å². The van der Waals surface area contributed by atoms with E-state index in [-0.39, 0.29) is 13.2 Å². The quantitative estimate of drug-likeness (QED) is 0.358. The van der Waals surface area contributed by atoms with Crippen LogP contribution in [0.3, 0.4) is 0 Å². The van der Waals surface area contributed by atoms with Gasteiger partial charge < -0.3 is 9.47 Å². The van der Waals surface area contributed by atoms with Crippen LogP contribution in [0, 0.1) is 0 Å². The molecule has 0 aliphatic rings. The first-order valence-electron chi connectivity index (χ1n) is 4.97. The molecule has 0 heterocycles. The Morgan fingerprint density at radius 1 is 0.933 bits per heavy atom. The van der Waals surface area contributed by atoms with E-state index >= 15 is 0 Å². The van der Waals surface area contributed by atoms with Crippen LogP contribution < -0.4 is 0 Å². The Balaban J connectivity index is 3.80. The van der Waals surface area contributed by atoms with Gasteiger partial charge in [0.2, 0.25) is 0 Å². The number of hydrogen-bond donors (Lipinski definition) is 0. The van der Waals surface area contributed by atoms with E-state index in [1.165, 1.54) is 0 Å². The van der Waals surface area contributed by atoms with Gasteiger partial charge in [0.1, 0.15) is 6.42 Å². The van der Waals surface area contributed by atoms with E-state index in [1.54, 1.807) is 0 Å². The van der Waals surface area contributed by atoms with E-state index in [1.807, 2.05) is 13.8 Å². The maximum Gasteiger partial charge on any atom is 0.375 e. The molecule has 0 fully saturated rings. The zero-order chi connectivity index (χ0) is 11.7. The number of ketones is 1. The second-order valence-corrected chi connectivity index (χ2v) is 2.96. The van der Waals surface area contributed by atoms with Crippen LogP contribution in [0.15, 0.2) is 0 Å². The zero-order valence-corrected chi connectivity index (χ0v) is 9.08. The molecule has 15 heavy (non-hydrogen) atoms. The van der Waals surface area contributed by atoms with E-state index in [2.05, 4.69) is 9.47 Å². The van der Waals surface area contributed by atoms with Crippen molar-refractivity contribution in [1.82, 2.24) is 0 Å². The minimum Gasteiger partial charge on any atom is -0.465 e. The molecule has 86 valence electrons. The largest absolute Gasteiger partial charge is 0.465 e. The Kier molecular flexibility index (Phi) is 7.23. The van der Waals surface area contributed by atoms with Crippen LogP contribution in [0.1, 0.15) is 33.1 Å². The number of carbonyl (C=O) groups excluding carboxylic acids is 3. The Morgan fingerprint density at radius 2 is 1.47 bits per heavy atom. The molecular weight excluding hydrogens is 200 g/mol. The molecule has 0 aliphatic heterocycles. The fourth-order valence-electron chi connectivity index (χ4n) is 0.745. The molecule has 0 N–H and O–H groups in total. The maximum absolute atomic E-state index is 11.0. The van der Waals surface area contributed by atoms with Crippen LogP contribution in [0.25, 0.3) is 0 Å². The topological polar surface area (TPSA) is 69.7 Å². The predicted molar refractivity (Wildman–Crippen MR) is 52.1 cm³/mol. The first-order valence-corrected chi connectivity index (χ1v) is 4.97. The second-order valence-electron chi connectivity index (χ2n) is 2.96. The summed E-state index contributed by atoms with van der Waals surface area (Å²) in [5.74, 6) is -2.51. The van der Waals surface area contributed by atoms with Gasteiger partial charge in [0.05, 0.1) is 13.2 Å². The minimum absolute atomic E-state index is 0.189. The first kappa shape index (κ1) is 13.6. The van der Waals surface area contributed by atoms with Crippen molar-refractivity contribution in [2.24, 2.45) is 0 Å². The molecule has 5 nitrogen and oxygen atoms in total. The molecule has 0 amide bonds. The fraction of sp³-hybridized carbons (Fsp3) is 0.700. The minimum atomic E-state index is -0.967. The number of carbonyl (C=O) groups is 3. The predicted octanol–water partition coefficient (Wildman–Crippen LogP) is 0.852. The summed E-state index contributed by atoms with van der Waals surface area (Å²) in [6, 6.07) is 0. The Morgan fingerprint density at radius 3 is 2.00 bits per heavy atom. The molecule has 0 unspecified atom stereocenters. The molecule has 0 aromatic carbocycles. The van der Waals surface area contributed by atoms with Gasteiger partial charge in [-0.25, -0.2) is 4.79 Å². The summed E-state index contributed by atoms with van der Waals surface area (Å²) < 4.78 is 9.21. The monoisotopic (exact) mass is 216 g/mol. The average molecular weight is 216 g/mol. The number of esters is 2. The molecule has 0 rings (SSSR count). The molecule has 0 radical (unpaired) electrons. The van der Waals surface area contributed by atoms with Crippen LogP contribution in [0.5, 0.6) is 0 Å². The Hall–Kier alpha value is -1.39. The highest BCUT2D eigenvalue weighted by Gasteiger charge is 2.19. The molecule has 0 aliphatic carbocycles. The average Bonchev–Trinajstić information content (AvgIpc) is 2.22. The van der Waals surface area contributed by atoms with Crippen LogP contribution in [0.4, 0.5) is 0 Å². The lowest BCUT2D eigenvalue weighted by Crippen LogP contribution is -2.22. The van der Waals surface area contributed by atoms with Gasteiger partial charge in [-0.05, 0) is 12.8 Å². The van der Waals surface area contributed by atoms with E-state index in [0.29, 0.717) is 12.8 Å². The van der Waals surface area contributed by atoms with Crippen molar-refractivity contribution in [3.05, 3.63) is 0 Å². The highest BCUT2D eigenvalue weighted by Crippen LogP contribution is 1.94. The standard InChI is InChI=1S/C10H16O5/c1-3-5-14-9(12)7-8(11)10(13)15-6-4-2/h3-7H2,1-2H3. The summed E-state index contributed by atoms with van der Waals surface area (Å²) in [6.45, 7) is 4.10. The van der Waals surface area contributed by atoms with Gasteiger partial charge in [-0.2, -0.15) is 0 Å². The Labute approximate surface area is 88.7 Å². The highest BCUT2D eigenvalue weighted by molar-refractivity contribution is 6.36. The number of Topliss-reactive ketones (excluding diaryl/α,β-unsaturated/α-hetero) is 1. The summed E-state index contributed by atoms with van der Waals surface area (Å²) in [5.41, 5.74) is 0. The third-order valence-corrected chi connectivity index (χ3v) is 1.44. The lowest BCUT2D eigenvalue weighted by atomic mass is 10.3. The number of hydrogen-bond acceptors (Lipinski definition) is 5. The summed E-state index contributed by atoms with van der Waals surface area (Å²) in [4.78, 5) is 32.9. The zero-order valence-electron chi connectivity index (χ0n) is 9.08. The smallest absolute Gasteiger partial charge is 0.375 e. The molecule has 0 aromatic heterocycles. The molecule has 0 saturated heterocycles. The van der Waals surface area contributed by atoms with Gasteiger partial charge in [-0.15, -0.1) is 0 Å². The molecule has 0 spiro atoms. The van der Waals surface area contributed by atoms with Crippen molar-refractivity contribution < 1.29 is 23.9 Å². The van der Waals surface area contributed by atoms with Crippen LogP contribution in [-0.2, 0) is 23.9 Å². The van der Waals surface area contributed by atoms with Crippen LogP contribution >= 0.6 is 0 Å². The molecule has 0 atom stereocenters. The van der Waals surface area contributed by atoms with Crippen LogP contribution in [0.2, 0.25) is 0 Å². The summed E-state index contributed by atoms with van der Waals surface area (Å²) >= 11 is 0. The molecule has 0 saturated carbocycles. The van der Waals surface area contributed by atoms with E-state index in [4.69, 9.17) is 0 Å². The van der Waals surface area contributed by atoms with Crippen molar-refractivity contribution in [3.8, 4) is 0 Å². The normalized spacial score (nSPS) is 9.47. The van der Waals surface area contributed by atoms with Crippen molar-refractivity contribution in [3.63, 3.8) is 0 Å². The first-order chi connectivity index (χ1) is 7.11. The van der Waals surface area contributed by atoms with E-state index in [9.17, 15) is 14.4 Å². The van der Waals surface area contributed by atoms with E-state index in [0.717, 1.165) is 0 Å². The fourth-order valence-corrected chi connectivity index (χ4v) is 0.745. The van der Waals surface area contributed by atoms with Gasteiger partial charge in [0, 0.05) is 0 Å². The summed E-state index contributed by atoms with van der Waals surface area (Å²) in [6.07, 6.45) is 0.780. The van der Waals surface area contributed by atoms with Crippen molar-refractivity contribution in [1.29, 1.82) is 0 Å². The van der Waals surface area contributed by atoms with Crippen LogP contribution in [-0.4, -0.2) is 30.9 Å². The van der Waals surface area contributed by atoms with Gasteiger partial charge in [0.15, 0.2) is 0 Å². The van der Waals surface area contributed by atoms with Gasteiger partial charge in [-0.1, -0.05) is 13.8 Å². The van der Waals surface area contributed by atoms with Gasteiger partial charge in [-0.3, -0.25) is 9.59 Å². The third kappa shape index (κ3) is 6.65. The molecule has 5 heteroatoms. The van der Waals surface area contributed by atoms with Crippen molar-refractivity contribution in [2.45, 2.75) is 33.1 Å². The molecular formula is C10H16O5. The lowest BCUT2D eigenvalue weighted by Gasteiger charge is -2.02. The molecule has 0 aromatic rings. The summed E-state index contributed by atoms with van der Waals surface area (Å²) in [5, 5.41) is 0. The SMILES string of the molecule is CCCOC(=O)CC(=O)C(=O)OCCC. The number of rotatable bonds is 7. The third-order valence-electron chi connectivity index (χ3n) is 1.44. The lowest BCUT2D eigenvalue weighted by molar-refractivity contribution is -0.158. The second kappa shape index (κ2) is 7.96. The Bertz CT molecular complexity index is 234. The van der Waals surface area contributed by atoms with Crippen molar-refractivity contribution >= 4 is 17.7 Å². The maximum atomic E-state index is 11.0. The molecule has 0 bridgehead atoms. The van der Waals surface area contributed by atoms with Gasteiger partial charge in [0.25, 0.3) is 5.78 Å². The highest BCUT2D eigenvalue weighted by atomic mass is 16.5. The number of ether oxygens (including phenoxy) is 2. The van der Waals surface area contributed by atoms with E-state index < -0.39 is 24.1 Å². The summed E-state index contributed by atoms with van der Waals surface area (Å²) in [7, 11) is 0. The van der Waals surface area contributed by atoms with Crippen molar-refractivity contribution in [2.75, 3.05) is 13.2 Å².